The smallest absolute Gasteiger partial charge is 0.319 e. The normalized spacial score (nSPS) is 13.0. The van der Waals surface area contributed by atoms with Gasteiger partial charge in [0, 0.05) is 11.1 Å². The second-order valence-electron chi connectivity index (χ2n) is 4.98. The van der Waals surface area contributed by atoms with Crippen molar-refractivity contribution in [3.63, 3.8) is 0 Å². The Morgan fingerprint density at radius 3 is 2.54 bits per heavy atom. The molecule has 0 saturated carbocycles. The Hall–Kier alpha value is -2.05. The van der Waals surface area contributed by atoms with E-state index in [1.165, 1.54) is 24.9 Å². The molecule has 0 aliphatic carbocycles. The number of esters is 1. The Morgan fingerprint density at radius 1 is 1.17 bits per heavy atom. The number of carbonyl (C=O) groups is 2. The molecule has 0 radical (unpaired) electrons. The average molecular weight is 365 g/mol. The summed E-state index contributed by atoms with van der Waals surface area (Å²) in [5.74, 6) is -0.918. The summed E-state index contributed by atoms with van der Waals surface area (Å²) in [5, 5.41) is 2.34. The Balaban J connectivity index is 1.88. The first-order valence-corrected chi connectivity index (χ1v) is 8.56. The van der Waals surface area contributed by atoms with E-state index in [1.54, 1.807) is 19.1 Å². The summed E-state index contributed by atoms with van der Waals surface area (Å²) in [6, 6.07) is 12.8. The highest BCUT2D eigenvalue weighted by Crippen LogP contribution is 2.24. The maximum absolute atomic E-state index is 12.1. The Bertz CT molecular complexity index is 712. The van der Waals surface area contributed by atoms with Crippen LogP contribution in [-0.2, 0) is 14.3 Å². The molecule has 126 valence electrons. The van der Waals surface area contributed by atoms with Crippen LogP contribution in [-0.4, -0.2) is 28.2 Å². The van der Waals surface area contributed by atoms with Crippen LogP contribution in [0.15, 0.2) is 53.6 Å². The molecule has 2 rings (SSSR count). The lowest BCUT2D eigenvalue weighted by Crippen LogP contribution is -2.32. The minimum atomic E-state index is -0.937. The quantitative estimate of drug-likeness (QED) is 0.480. The van der Waals surface area contributed by atoms with E-state index in [4.69, 9.17) is 16.3 Å². The van der Waals surface area contributed by atoms with Gasteiger partial charge >= 0.3 is 5.97 Å². The number of carbonyl (C=O) groups excluding carboxylic acids is 2. The SMILES string of the molecule is C[C@H](OC(=O)[C@H](C)Sc1ccccc1)C(=O)Nc1cccnc1Cl. The zero-order valence-electron chi connectivity index (χ0n) is 13.2. The summed E-state index contributed by atoms with van der Waals surface area (Å²) in [4.78, 5) is 29.0. The van der Waals surface area contributed by atoms with Gasteiger partial charge in [0.2, 0.25) is 0 Å². The first-order valence-electron chi connectivity index (χ1n) is 7.31. The highest BCUT2D eigenvalue weighted by molar-refractivity contribution is 8.00. The minimum Gasteiger partial charge on any atom is -0.452 e. The molecule has 0 unspecified atom stereocenters. The van der Waals surface area contributed by atoms with Gasteiger partial charge in [-0.05, 0) is 38.1 Å². The van der Waals surface area contributed by atoms with Crippen molar-refractivity contribution >= 4 is 40.9 Å². The number of amides is 1. The molecule has 5 nitrogen and oxygen atoms in total. The monoisotopic (exact) mass is 364 g/mol. The third kappa shape index (κ3) is 5.25. The predicted octanol–water partition coefficient (Wildman–Crippen LogP) is 3.79. The number of benzene rings is 1. The van der Waals surface area contributed by atoms with Gasteiger partial charge in [-0.3, -0.25) is 9.59 Å². The zero-order chi connectivity index (χ0) is 17.5. The number of pyridine rings is 1. The number of rotatable bonds is 6. The fraction of sp³-hybridized carbons (Fsp3) is 0.235. The molecular weight excluding hydrogens is 348 g/mol. The molecule has 1 amide bonds. The van der Waals surface area contributed by atoms with E-state index in [-0.39, 0.29) is 5.15 Å². The van der Waals surface area contributed by atoms with Crippen LogP contribution in [0.1, 0.15) is 13.8 Å². The molecule has 0 aliphatic rings. The average Bonchev–Trinajstić information content (AvgIpc) is 2.57. The van der Waals surface area contributed by atoms with E-state index < -0.39 is 23.2 Å². The van der Waals surface area contributed by atoms with Crippen molar-refractivity contribution in [1.29, 1.82) is 0 Å². The molecule has 0 bridgehead atoms. The van der Waals surface area contributed by atoms with Crippen molar-refractivity contribution in [1.82, 2.24) is 4.98 Å². The number of anilines is 1. The van der Waals surface area contributed by atoms with E-state index in [2.05, 4.69) is 10.3 Å². The van der Waals surface area contributed by atoms with Crippen LogP contribution in [0.5, 0.6) is 0 Å². The summed E-state index contributed by atoms with van der Waals surface area (Å²) in [6.45, 7) is 3.25. The van der Waals surface area contributed by atoms with Crippen LogP contribution in [0.4, 0.5) is 5.69 Å². The first kappa shape index (κ1) is 18.3. The van der Waals surface area contributed by atoms with Crippen molar-refractivity contribution in [3.05, 3.63) is 53.8 Å². The van der Waals surface area contributed by atoms with Crippen molar-refractivity contribution in [2.75, 3.05) is 5.32 Å². The largest absolute Gasteiger partial charge is 0.452 e. The van der Waals surface area contributed by atoms with Gasteiger partial charge in [0.1, 0.15) is 5.25 Å². The lowest BCUT2D eigenvalue weighted by molar-refractivity contribution is -0.152. The molecule has 1 N–H and O–H groups in total. The number of nitrogens with zero attached hydrogens (tertiary/aromatic N) is 1. The molecule has 2 aromatic rings. The third-order valence-electron chi connectivity index (χ3n) is 3.07. The first-order chi connectivity index (χ1) is 11.5. The molecule has 2 atom stereocenters. The molecule has 7 heteroatoms. The van der Waals surface area contributed by atoms with E-state index in [9.17, 15) is 9.59 Å². The van der Waals surface area contributed by atoms with Gasteiger partial charge < -0.3 is 10.1 Å². The maximum atomic E-state index is 12.1. The van der Waals surface area contributed by atoms with Crippen molar-refractivity contribution < 1.29 is 14.3 Å². The molecule has 0 aliphatic heterocycles. The standard InChI is InChI=1S/C17H17ClN2O3S/c1-11(16(21)20-14-9-6-10-19-15(14)18)23-17(22)12(2)24-13-7-4-3-5-8-13/h3-12H,1-2H3,(H,20,21)/t11-,12-/m0/s1. The van der Waals surface area contributed by atoms with Crippen LogP contribution in [0.25, 0.3) is 0 Å². The number of hydrogen-bond acceptors (Lipinski definition) is 5. The fourth-order valence-electron chi connectivity index (χ4n) is 1.79. The fourth-order valence-corrected chi connectivity index (χ4v) is 2.83. The van der Waals surface area contributed by atoms with Crippen LogP contribution < -0.4 is 5.32 Å². The second kappa shape index (κ2) is 8.70. The Labute approximate surface area is 149 Å². The highest BCUT2D eigenvalue weighted by Gasteiger charge is 2.23. The highest BCUT2D eigenvalue weighted by atomic mass is 35.5. The molecule has 0 fully saturated rings. The van der Waals surface area contributed by atoms with Gasteiger partial charge in [0.05, 0.1) is 5.69 Å². The van der Waals surface area contributed by atoms with Gasteiger partial charge in [-0.15, -0.1) is 11.8 Å². The number of ether oxygens (including phenoxy) is 1. The van der Waals surface area contributed by atoms with Crippen LogP contribution >= 0.6 is 23.4 Å². The number of aromatic nitrogens is 1. The van der Waals surface area contributed by atoms with E-state index >= 15 is 0 Å². The number of halogens is 1. The zero-order valence-corrected chi connectivity index (χ0v) is 14.8. The van der Waals surface area contributed by atoms with Crippen molar-refractivity contribution in [2.45, 2.75) is 30.1 Å². The van der Waals surface area contributed by atoms with Gasteiger partial charge in [-0.25, -0.2) is 4.98 Å². The lowest BCUT2D eigenvalue weighted by atomic mass is 10.3. The maximum Gasteiger partial charge on any atom is 0.319 e. The molecule has 1 aromatic carbocycles. The van der Waals surface area contributed by atoms with E-state index in [0.29, 0.717) is 5.69 Å². The lowest BCUT2D eigenvalue weighted by Gasteiger charge is -2.16. The van der Waals surface area contributed by atoms with Gasteiger partial charge in [-0.2, -0.15) is 0 Å². The summed E-state index contributed by atoms with van der Waals surface area (Å²) in [7, 11) is 0. The molecule has 1 heterocycles. The van der Waals surface area contributed by atoms with Crippen molar-refractivity contribution in [2.24, 2.45) is 0 Å². The summed E-state index contributed by atoms with van der Waals surface area (Å²) < 4.78 is 5.22. The molecule has 24 heavy (non-hydrogen) atoms. The summed E-state index contributed by atoms with van der Waals surface area (Å²) in [6.07, 6.45) is 0.580. The topological polar surface area (TPSA) is 68.3 Å². The Kier molecular flexibility index (Phi) is 6.63. The van der Waals surface area contributed by atoms with Gasteiger partial charge in [-0.1, -0.05) is 29.8 Å². The minimum absolute atomic E-state index is 0.178. The number of nitrogens with one attached hydrogen (secondary N) is 1. The third-order valence-corrected chi connectivity index (χ3v) is 4.46. The van der Waals surface area contributed by atoms with Crippen LogP contribution in [0.3, 0.4) is 0 Å². The molecule has 0 spiro atoms. The van der Waals surface area contributed by atoms with Crippen LogP contribution in [0.2, 0.25) is 5.15 Å². The molecule has 0 saturated heterocycles. The second-order valence-corrected chi connectivity index (χ2v) is 6.76. The van der Waals surface area contributed by atoms with E-state index in [1.807, 2.05) is 30.3 Å². The molecule has 1 aromatic heterocycles. The number of hydrogen-bond donors (Lipinski definition) is 1. The summed E-state index contributed by atoms with van der Waals surface area (Å²) in [5.41, 5.74) is 0.374. The van der Waals surface area contributed by atoms with Gasteiger partial charge in [0.15, 0.2) is 11.3 Å². The predicted molar refractivity (Wildman–Crippen MR) is 95.2 cm³/mol. The Morgan fingerprint density at radius 2 is 1.88 bits per heavy atom. The number of thioether (sulfide) groups is 1. The van der Waals surface area contributed by atoms with Crippen molar-refractivity contribution in [3.8, 4) is 0 Å². The molecular formula is C17H17ClN2O3S. The van der Waals surface area contributed by atoms with Gasteiger partial charge in [0.25, 0.3) is 5.91 Å². The summed E-state index contributed by atoms with van der Waals surface area (Å²) >= 11 is 7.26. The van der Waals surface area contributed by atoms with E-state index in [0.717, 1.165) is 4.90 Å². The van der Waals surface area contributed by atoms with Crippen LogP contribution in [0, 0.1) is 0 Å².